The maximum Gasteiger partial charge on any atom is 0.262 e. The van der Waals surface area contributed by atoms with E-state index in [1.54, 1.807) is 11.6 Å². The molecule has 0 aliphatic carbocycles. The van der Waals surface area contributed by atoms with E-state index >= 15 is 0 Å². The van der Waals surface area contributed by atoms with E-state index in [1.165, 1.54) is 41.1 Å². The number of aryl methyl sites for hydroxylation is 1. The molecule has 0 spiro atoms. The zero-order chi connectivity index (χ0) is 20.5. The summed E-state index contributed by atoms with van der Waals surface area (Å²) in [5.74, 6) is -0.852. The Hall–Kier alpha value is -2.28. The second kappa shape index (κ2) is 7.62. The van der Waals surface area contributed by atoms with Gasteiger partial charge in [-0.15, -0.1) is 0 Å². The van der Waals surface area contributed by atoms with Crippen LogP contribution < -0.4 is 10.5 Å². The molecule has 0 bridgehead atoms. The minimum Gasteiger partial charge on any atom is -0.339 e. The molecule has 2 heterocycles. The summed E-state index contributed by atoms with van der Waals surface area (Å²) in [7, 11) is -5.89. The lowest BCUT2D eigenvalue weighted by Crippen LogP contribution is -2.43. The van der Waals surface area contributed by atoms with E-state index in [0.29, 0.717) is 25.1 Å². The maximum atomic E-state index is 12.7. The standard InChI is InChI=1S/C16H21N5O5S2/c1-20-10-15(18-11-20)28(25,26)21-8-2-3-12(9-21)16(22)19-13-4-6-14(7-5-13)27(17,23)24/h4-7,10-12H,2-3,8-9H2,1H3,(H,19,22)(H2,17,23,24). The molecule has 1 saturated heterocycles. The third-order valence-electron chi connectivity index (χ3n) is 4.49. The molecule has 12 heteroatoms. The van der Waals surface area contributed by atoms with Crippen molar-refractivity contribution in [2.24, 2.45) is 18.1 Å². The van der Waals surface area contributed by atoms with Crippen molar-refractivity contribution in [2.75, 3.05) is 18.4 Å². The lowest BCUT2D eigenvalue weighted by atomic mass is 9.99. The van der Waals surface area contributed by atoms with Crippen molar-refractivity contribution >= 4 is 31.6 Å². The Morgan fingerprint density at radius 1 is 1.21 bits per heavy atom. The van der Waals surface area contributed by atoms with E-state index in [2.05, 4.69) is 10.3 Å². The van der Waals surface area contributed by atoms with Crippen LogP contribution in [0.4, 0.5) is 5.69 Å². The van der Waals surface area contributed by atoms with Crippen molar-refractivity contribution in [3.05, 3.63) is 36.8 Å². The Kier molecular flexibility index (Phi) is 5.57. The third kappa shape index (κ3) is 4.41. The van der Waals surface area contributed by atoms with Gasteiger partial charge in [-0.25, -0.2) is 27.0 Å². The van der Waals surface area contributed by atoms with Crippen LogP contribution in [0, 0.1) is 5.92 Å². The molecule has 152 valence electrons. The van der Waals surface area contributed by atoms with Gasteiger partial charge in [0.25, 0.3) is 10.0 Å². The first-order chi connectivity index (χ1) is 13.1. The average molecular weight is 428 g/mol. The highest BCUT2D eigenvalue weighted by atomic mass is 32.2. The topological polar surface area (TPSA) is 144 Å². The molecule has 1 aromatic heterocycles. The van der Waals surface area contributed by atoms with Crippen LogP contribution in [-0.4, -0.2) is 49.7 Å². The summed E-state index contributed by atoms with van der Waals surface area (Å²) in [6, 6.07) is 5.46. The predicted molar refractivity (Wildman–Crippen MR) is 101 cm³/mol. The summed E-state index contributed by atoms with van der Waals surface area (Å²) in [5, 5.41) is 7.69. The fraction of sp³-hybridized carbons (Fsp3) is 0.375. The maximum absolute atomic E-state index is 12.7. The van der Waals surface area contributed by atoms with Crippen LogP contribution in [0.25, 0.3) is 0 Å². The number of rotatable bonds is 5. The van der Waals surface area contributed by atoms with Crippen LogP contribution in [0.2, 0.25) is 0 Å². The van der Waals surface area contributed by atoms with Gasteiger partial charge in [0.2, 0.25) is 15.9 Å². The number of primary sulfonamides is 1. The summed E-state index contributed by atoms with van der Waals surface area (Å²) in [6.07, 6.45) is 3.93. The van der Waals surface area contributed by atoms with Crippen LogP contribution in [0.1, 0.15) is 12.8 Å². The molecule has 1 atom stereocenters. The fourth-order valence-electron chi connectivity index (χ4n) is 3.00. The lowest BCUT2D eigenvalue weighted by Gasteiger charge is -2.30. The first kappa shape index (κ1) is 20.5. The monoisotopic (exact) mass is 427 g/mol. The third-order valence-corrected chi connectivity index (χ3v) is 7.17. The molecule has 10 nitrogen and oxygen atoms in total. The molecule has 1 aromatic carbocycles. The van der Waals surface area contributed by atoms with Crippen molar-refractivity contribution < 1.29 is 21.6 Å². The number of sulfonamides is 2. The van der Waals surface area contributed by atoms with Gasteiger partial charge in [-0.05, 0) is 37.1 Å². The van der Waals surface area contributed by atoms with Crippen LogP contribution >= 0.6 is 0 Å². The molecule has 0 radical (unpaired) electrons. The second-order valence-electron chi connectivity index (χ2n) is 6.64. The van der Waals surface area contributed by atoms with Crippen molar-refractivity contribution in [1.29, 1.82) is 0 Å². The Labute approximate surface area is 163 Å². The molecule has 28 heavy (non-hydrogen) atoms. The summed E-state index contributed by atoms with van der Waals surface area (Å²) >= 11 is 0. The Morgan fingerprint density at radius 3 is 2.46 bits per heavy atom. The summed E-state index contributed by atoms with van der Waals surface area (Å²) in [4.78, 5) is 16.4. The highest BCUT2D eigenvalue weighted by Gasteiger charge is 2.34. The SMILES string of the molecule is Cn1cnc(S(=O)(=O)N2CCCC(C(=O)Nc3ccc(S(N)(=O)=O)cc3)C2)c1. The number of nitrogens with two attached hydrogens (primary N) is 1. The number of imidazole rings is 1. The molecular weight excluding hydrogens is 406 g/mol. The number of amides is 1. The van der Waals surface area contributed by atoms with E-state index < -0.39 is 26.0 Å². The predicted octanol–water partition coefficient (Wildman–Crippen LogP) is 0.107. The number of aromatic nitrogens is 2. The number of nitrogens with one attached hydrogen (secondary N) is 1. The van der Waals surface area contributed by atoms with Gasteiger partial charge in [0.05, 0.1) is 17.1 Å². The minimum atomic E-state index is -3.81. The highest BCUT2D eigenvalue weighted by Crippen LogP contribution is 2.24. The molecule has 3 rings (SSSR count). The van der Waals surface area contributed by atoms with Gasteiger partial charge in [-0.1, -0.05) is 0 Å². The molecule has 2 aromatic rings. The van der Waals surface area contributed by atoms with Crippen LogP contribution in [0.15, 0.2) is 46.7 Å². The van der Waals surface area contributed by atoms with Crippen LogP contribution in [0.5, 0.6) is 0 Å². The van der Waals surface area contributed by atoms with E-state index in [1.807, 2.05) is 0 Å². The van der Waals surface area contributed by atoms with Crippen molar-refractivity contribution in [3.8, 4) is 0 Å². The number of carbonyl (C=O) groups excluding carboxylic acids is 1. The second-order valence-corrected chi connectivity index (χ2v) is 10.1. The van der Waals surface area contributed by atoms with Gasteiger partial charge in [0.1, 0.15) is 0 Å². The van der Waals surface area contributed by atoms with E-state index in [4.69, 9.17) is 5.14 Å². The minimum absolute atomic E-state index is 0.0466. The van der Waals surface area contributed by atoms with Gasteiger partial charge in [0, 0.05) is 32.0 Å². The van der Waals surface area contributed by atoms with Crippen LogP contribution in [0.3, 0.4) is 0 Å². The van der Waals surface area contributed by atoms with Gasteiger partial charge < -0.3 is 9.88 Å². The Bertz CT molecular complexity index is 1080. The average Bonchev–Trinajstić information content (AvgIpc) is 3.09. The number of carbonyl (C=O) groups is 1. The Balaban J connectivity index is 1.69. The molecule has 1 aliphatic heterocycles. The summed E-state index contributed by atoms with van der Waals surface area (Å²) in [5.41, 5.74) is 0.405. The van der Waals surface area contributed by atoms with Crippen LogP contribution in [-0.2, 0) is 31.9 Å². The van der Waals surface area contributed by atoms with Gasteiger partial charge >= 0.3 is 0 Å². The fourth-order valence-corrected chi connectivity index (χ4v) is 5.01. The first-order valence-electron chi connectivity index (χ1n) is 8.49. The number of nitrogens with zero attached hydrogens (tertiary/aromatic N) is 3. The van der Waals surface area contributed by atoms with E-state index in [0.717, 1.165) is 0 Å². The molecule has 1 unspecified atom stereocenters. The van der Waals surface area contributed by atoms with E-state index in [-0.39, 0.29) is 22.4 Å². The molecule has 1 fully saturated rings. The number of anilines is 1. The number of hydrogen-bond donors (Lipinski definition) is 2. The normalized spacial score (nSPS) is 18.7. The molecule has 1 amide bonds. The number of hydrogen-bond acceptors (Lipinski definition) is 6. The lowest BCUT2D eigenvalue weighted by molar-refractivity contribution is -0.120. The molecular formula is C16H21N5O5S2. The van der Waals surface area contributed by atoms with Gasteiger partial charge in [-0.3, -0.25) is 4.79 Å². The van der Waals surface area contributed by atoms with Gasteiger partial charge in [0.15, 0.2) is 5.03 Å². The molecule has 1 aliphatic rings. The quantitative estimate of drug-likeness (QED) is 0.693. The number of benzene rings is 1. The largest absolute Gasteiger partial charge is 0.339 e. The van der Waals surface area contributed by atoms with Gasteiger partial charge in [-0.2, -0.15) is 4.31 Å². The summed E-state index contributed by atoms with van der Waals surface area (Å²) in [6.45, 7) is 0.381. The first-order valence-corrected chi connectivity index (χ1v) is 11.5. The van der Waals surface area contributed by atoms with E-state index in [9.17, 15) is 21.6 Å². The summed E-state index contributed by atoms with van der Waals surface area (Å²) < 4.78 is 50.8. The van der Waals surface area contributed by atoms with Crippen molar-refractivity contribution in [2.45, 2.75) is 22.8 Å². The molecule has 0 saturated carbocycles. The number of piperidine rings is 1. The molecule has 3 N–H and O–H groups in total. The van der Waals surface area contributed by atoms with Crippen molar-refractivity contribution in [3.63, 3.8) is 0 Å². The zero-order valence-electron chi connectivity index (χ0n) is 15.1. The zero-order valence-corrected chi connectivity index (χ0v) is 16.8. The smallest absolute Gasteiger partial charge is 0.262 e. The van der Waals surface area contributed by atoms with Crippen molar-refractivity contribution in [1.82, 2.24) is 13.9 Å². The highest BCUT2D eigenvalue weighted by molar-refractivity contribution is 7.89. The Morgan fingerprint density at radius 2 is 1.89 bits per heavy atom.